The van der Waals surface area contributed by atoms with Gasteiger partial charge < -0.3 is 0 Å². The molecule has 0 saturated carbocycles. The molecule has 0 fully saturated rings. The first-order chi connectivity index (χ1) is 9.67. The number of hydrogen-bond acceptors (Lipinski definition) is 6. The Morgan fingerprint density at radius 3 is 2.85 bits per heavy atom. The van der Waals surface area contributed by atoms with Crippen molar-refractivity contribution < 1.29 is 8.78 Å². The second-order valence-electron chi connectivity index (χ2n) is 3.81. The van der Waals surface area contributed by atoms with Crippen molar-refractivity contribution >= 4 is 39.3 Å². The smallest absolute Gasteiger partial charge is 0.239 e. The summed E-state index contributed by atoms with van der Waals surface area (Å²) in [6.07, 6.45) is 0. The number of aromatic nitrogens is 2. The second kappa shape index (κ2) is 5.31. The van der Waals surface area contributed by atoms with E-state index in [1.54, 1.807) is 0 Å². The highest BCUT2D eigenvalue weighted by molar-refractivity contribution is 7.99. The summed E-state index contributed by atoms with van der Waals surface area (Å²) >= 11 is 2.46. The predicted octanol–water partition coefficient (Wildman–Crippen LogP) is 3.41. The highest BCUT2D eigenvalue weighted by Gasteiger charge is 2.13. The molecule has 2 heterocycles. The first-order valence-corrected chi connectivity index (χ1v) is 7.22. The van der Waals surface area contributed by atoms with E-state index in [1.807, 2.05) is 11.4 Å². The first-order valence-electron chi connectivity index (χ1n) is 5.52. The predicted molar refractivity (Wildman–Crippen MR) is 75.7 cm³/mol. The van der Waals surface area contributed by atoms with Gasteiger partial charge in [0.1, 0.15) is 21.5 Å². The van der Waals surface area contributed by atoms with Gasteiger partial charge in [-0.2, -0.15) is 0 Å². The summed E-state index contributed by atoms with van der Waals surface area (Å²) in [6.45, 7) is 0. The number of nitrogen functional groups attached to an aromatic ring is 1. The van der Waals surface area contributed by atoms with E-state index in [1.165, 1.54) is 11.3 Å². The van der Waals surface area contributed by atoms with Gasteiger partial charge in [-0.05, 0) is 29.6 Å². The molecular weight excluding hydrogens is 302 g/mol. The van der Waals surface area contributed by atoms with Crippen LogP contribution in [0.4, 0.5) is 14.7 Å². The Morgan fingerprint density at radius 1 is 1.20 bits per heavy atom. The molecule has 4 nitrogen and oxygen atoms in total. The minimum Gasteiger partial charge on any atom is -0.292 e. The van der Waals surface area contributed by atoms with Crippen LogP contribution in [0, 0.1) is 11.6 Å². The van der Waals surface area contributed by atoms with Crippen LogP contribution >= 0.6 is 23.1 Å². The van der Waals surface area contributed by atoms with Gasteiger partial charge in [-0.1, -0.05) is 11.8 Å². The van der Waals surface area contributed by atoms with E-state index < -0.39 is 11.6 Å². The SMILES string of the molecule is NNc1nc(Sc2cc(F)ccc2F)c2ccsc2n1. The number of rotatable bonds is 3. The van der Waals surface area contributed by atoms with Crippen molar-refractivity contribution in [3.63, 3.8) is 0 Å². The Labute approximate surface area is 121 Å². The molecule has 0 spiro atoms. The average Bonchev–Trinajstić information content (AvgIpc) is 2.91. The zero-order valence-corrected chi connectivity index (χ0v) is 11.6. The van der Waals surface area contributed by atoms with Crippen LogP contribution in [-0.4, -0.2) is 9.97 Å². The quantitative estimate of drug-likeness (QED) is 0.441. The molecule has 0 aliphatic carbocycles. The van der Waals surface area contributed by atoms with Crippen LogP contribution in [0.15, 0.2) is 39.6 Å². The minimum absolute atomic E-state index is 0.166. The van der Waals surface area contributed by atoms with Gasteiger partial charge >= 0.3 is 0 Å². The Morgan fingerprint density at radius 2 is 2.05 bits per heavy atom. The maximum absolute atomic E-state index is 13.7. The number of nitrogens with zero attached hydrogens (tertiary/aromatic N) is 2. The van der Waals surface area contributed by atoms with Crippen LogP contribution < -0.4 is 11.3 Å². The molecule has 0 saturated heterocycles. The molecule has 2 aromatic heterocycles. The van der Waals surface area contributed by atoms with Crippen LogP contribution in [0.2, 0.25) is 0 Å². The molecule has 102 valence electrons. The van der Waals surface area contributed by atoms with Crippen molar-refractivity contribution in [1.29, 1.82) is 0 Å². The summed E-state index contributed by atoms with van der Waals surface area (Å²) in [5.41, 5.74) is 2.36. The number of fused-ring (bicyclic) bond motifs is 1. The standard InChI is InChI=1S/C12H8F2N4S2/c13-6-1-2-8(14)9(5-6)20-11-7-3-4-19-10(7)16-12(17-11)18-15/h1-5H,15H2,(H,16,17,18). The molecule has 0 radical (unpaired) electrons. The monoisotopic (exact) mass is 310 g/mol. The van der Waals surface area contributed by atoms with Gasteiger partial charge in [-0.15, -0.1) is 11.3 Å². The summed E-state index contributed by atoms with van der Waals surface area (Å²) in [5.74, 6) is 4.55. The third-order valence-electron chi connectivity index (χ3n) is 2.52. The minimum atomic E-state index is -0.499. The molecule has 0 aliphatic heterocycles. The van der Waals surface area contributed by atoms with E-state index in [0.717, 1.165) is 40.2 Å². The Bertz CT molecular complexity index is 775. The van der Waals surface area contributed by atoms with Crippen molar-refractivity contribution in [1.82, 2.24) is 9.97 Å². The molecule has 0 atom stereocenters. The lowest BCUT2D eigenvalue weighted by Crippen LogP contribution is -2.10. The fourth-order valence-corrected chi connectivity index (χ4v) is 3.41. The number of halogens is 2. The van der Waals surface area contributed by atoms with Crippen molar-refractivity contribution in [3.05, 3.63) is 41.3 Å². The highest BCUT2D eigenvalue weighted by atomic mass is 32.2. The van der Waals surface area contributed by atoms with Crippen molar-refractivity contribution in [2.24, 2.45) is 5.84 Å². The number of benzene rings is 1. The summed E-state index contributed by atoms with van der Waals surface area (Å²) in [4.78, 5) is 9.27. The fourth-order valence-electron chi connectivity index (χ4n) is 1.63. The topological polar surface area (TPSA) is 63.8 Å². The Kier molecular flexibility index (Phi) is 3.51. The van der Waals surface area contributed by atoms with Crippen LogP contribution in [0.3, 0.4) is 0 Å². The molecule has 3 aromatic rings. The number of anilines is 1. The average molecular weight is 310 g/mol. The molecule has 0 amide bonds. The van der Waals surface area contributed by atoms with Gasteiger partial charge in [0.05, 0.1) is 4.90 Å². The van der Waals surface area contributed by atoms with Crippen molar-refractivity contribution in [2.75, 3.05) is 5.43 Å². The van der Waals surface area contributed by atoms with Gasteiger partial charge in [0, 0.05) is 5.39 Å². The van der Waals surface area contributed by atoms with Gasteiger partial charge in [0.2, 0.25) is 5.95 Å². The maximum Gasteiger partial charge on any atom is 0.239 e. The highest BCUT2D eigenvalue weighted by Crippen LogP contribution is 2.35. The molecule has 0 unspecified atom stereocenters. The number of hydrogen-bond donors (Lipinski definition) is 2. The van der Waals surface area contributed by atoms with Gasteiger partial charge in [0.25, 0.3) is 0 Å². The molecule has 1 aromatic carbocycles. The van der Waals surface area contributed by atoms with Gasteiger partial charge in [-0.3, -0.25) is 5.43 Å². The lowest BCUT2D eigenvalue weighted by atomic mass is 10.3. The van der Waals surface area contributed by atoms with E-state index in [9.17, 15) is 8.78 Å². The summed E-state index contributed by atoms with van der Waals surface area (Å²) < 4.78 is 26.9. The number of thiophene rings is 1. The molecule has 20 heavy (non-hydrogen) atoms. The largest absolute Gasteiger partial charge is 0.292 e. The Hall–Kier alpha value is -1.77. The second-order valence-corrected chi connectivity index (χ2v) is 5.74. The lowest BCUT2D eigenvalue weighted by Gasteiger charge is -2.06. The number of nitrogens with two attached hydrogens (primary N) is 1. The van der Waals surface area contributed by atoms with Crippen LogP contribution in [0.1, 0.15) is 0 Å². The van der Waals surface area contributed by atoms with Gasteiger partial charge in [0.15, 0.2) is 0 Å². The number of nitrogens with one attached hydrogen (secondary N) is 1. The van der Waals surface area contributed by atoms with Crippen molar-refractivity contribution in [3.8, 4) is 0 Å². The summed E-state index contributed by atoms with van der Waals surface area (Å²) in [7, 11) is 0. The summed E-state index contributed by atoms with van der Waals surface area (Å²) in [6, 6.07) is 5.13. The molecule has 3 N–H and O–H groups in total. The van der Waals surface area contributed by atoms with E-state index in [2.05, 4.69) is 15.4 Å². The molecule has 8 heteroatoms. The van der Waals surface area contributed by atoms with Crippen LogP contribution in [-0.2, 0) is 0 Å². The van der Waals surface area contributed by atoms with E-state index >= 15 is 0 Å². The maximum atomic E-state index is 13.7. The lowest BCUT2D eigenvalue weighted by molar-refractivity contribution is 0.577. The van der Waals surface area contributed by atoms with Gasteiger partial charge in [-0.25, -0.2) is 24.6 Å². The van der Waals surface area contributed by atoms with Crippen LogP contribution in [0.5, 0.6) is 0 Å². The molecule has 0 bridgehead atoms. The fraction of sp³-hybridized carbons (Fsp3) is 0. The first kappa shape index (κ1) is 13.2. The molecule has 0 aliphatic rings. The molecular formula is C12H8F2N4S2. The zero-order chi connectivity index (χ0) is 14.1. The third-order valence-corrected chi connectivity index (χ3v) is 4.36. The normalized spacial score (nSPS) is 10.9. The van der Waals surface area contributed by atoms with E-state index in [4.69, 9.17) is 5.84 Å². The third kappa shape index (κ3) is 2.45. The zero-order valence-electron chi connectivity index (χ0n) is 9.93. The van der Waals surface area contributed by atoms with E-state index in [0.29, 0.717) is 5.03 Å². The Balaban J connectivity index is 2.09. The molecule has 3 rings (SSSR count). The van der Waals surface area contributed by atoms with E-state index in [-0.39, 0.29) is 10.8 Å². The van der Waals surface area contributed by atoms with Crippen molar-refractivity contribution in [2.45, 2.75) is 9.92 Å². The number of hydrazine groups is 1. The summed E-state index contributed by atoms with van der Waals surface area (Å²) in [5, 5.41) is 3.16. The van der Waals surface area contributed by atoms with Crippen LogP contribution in [0.25, 0.3) is 10.2 Å².